The molecule has 0 bridgehead atoms. The van der Waals surface area contributed by atoms with E-state index >= 15 is 0 Å². The molecule has 1 heterocycles. The lowest BCUT2D eigenvalue weighted by atomic mass is 10.0. The lowest BCUT2D eigenvalue weighted by Gasteiger charge is -2.15. The van der Waals surface area contributed by atoms with E-state index in [0.717, 1.165) is 11.3 Å². The Balaban J connectivity index is 2.26. The minimum absolute atomic E-state index is 0.122. The maximum atomic E-state index is 6.14. The molecule has 0 aliphatic heterocycles. The SMILES string of the molecule is Cn1cnc(C(Cc2c(Cl)cccc2Cl)NN)c1. The lowest BCUT2D eigenvalue weighted by Crippen LogP contribution is -2.30. The molecule has 1 aromatic carbocycles. The zero-order chi connectivity index (χ0) is 13.1. The van der Waals surface area contributed by atoms with Crippen molar-refractivity contribution < 1.29 is 0 Å². The highest BCUT2D eigenvalue weighted by molar-refractivity contribution is 6.36. The van der Waals surface area contributed by atoms with Crippen LogP contribution in [0.2, 0.25) is 10.0 Å². The molecular formula is C12H14Cl2N4. The Bertz CT molecular complexity index is 518. The first-order valence-corrected chi connectivity index (χ1v) is 6.24. The zero-order valence-corrected chi connectivity index (χ0v) is 11.4. The summed E-state index contributed by atoms with van der Waals surface area (Å²) in [4.78, 5) is 4.28. The summed E-state index contributed by atoms with van der Waals surface area (Å²) in [5.74, 6) is 5.58. The maximum Gasteiger partial charge on any atom is 0.0947 e. The second kappa shape index (κ2) is 5.71. The first-order chi connectivity index (χ1) is 8.61. The van der Waals surface area contributed by atoms with Crippen molar-refractivity contribution in [3.05, 3.63) is 52.0 Å². The van der Waals surface area contributed by atoms with Gasteiger partial charge in [-0.15, -0.1) is 0 Å². The molecule has 2 aromatic rings. The molecule has 0 aliphatic carbocycles. The molecule has 0 fully saturated rings. The van der Waals surface area contributed by atoms with Crippen LogP contribution in [0.4, 0.5) is 0 Å². The summed E-state index contributed by atoms with van der Waals surface area (Å²) < 4.78 is 1.87. The fourth-order valence-electron chi connectivity index (χ4n) is 1.79. The Morgan fingerprint density at radius 2 is 2.06 bits per heavy atom. The number of hydrazine groups is 1. The molecule has 0 radical (unpaired) electrons. The Morgan fingerprint density at radius 1 is 1.39 bits per heavy atom. The number of hydrogen-bond acceptors (Lipinski definition) is 3. The van der Waals surface area contributed by atoms with Crippen LogP contribution in [0.25, 0.3) is 0 Å². The molecule has 0 aliphatic rings. The van der Waals surface area contributed by atoms with Gasteiger partial charge in [0.25, 0.3) is 0 Å². The first kappa shape index (κ1) is 13.4. The van der Waals surface area contributed by atoms with Crippen molar-refractivity contribution in [2.75, 3.05) is 0 Å². The molecule has 4 nitrogen and oxygen atoms in total. The van der Waals surface area contributed by atoms with Gasteiger partial charge in [0, 0.05) is 23.3 Å². The summed E-state index contributed by atoms with van der Waals surface area (Å²) in [6.45, 7) is 0. The number of aryl methyl sites for hydroxylation is 1. The topological polar surface area (TPSA) is 55.9 Å². The van der Waals surface area contributed by atoms with Crippen LogP contribution in [0.15, 0.2) is 30.7 Å². The van der Waals surface area contributed by atoms with Gasteiger partial charge in [-0.3, -0.25) is 11.3 Å². The summed E-state index contributed by atoms with van der Waals surface area (Å²) in [5.41, 5.74) is 4.47. The highest BCUT2D eigenvalue weighted by atomic mass is 35.5. The van der Waals surface area contributed by atoms with Crippen molar-refractivity contribution >= 4 is 23.2 Å². The van der Waals surface area contributed by atoms with Crippen LogP contribution in [0.3, 0.4) is 0 Å². The molecular weight excluding hydrogens is 271 g/mol. The van der Waals surface area contributed by atoms with E-state index in [-0.39, 0.29) is 6.04 Å². The van der Waals surface area contributed by atoms with Crippen LogP contribution in [0.1, 0.15) is 17.3 Å². The number of nitrogens with zero attached hydrogens (tertiary/aromatic N) is 2. The van der Waals surface area contributed by atoms with E-state index < -0.39 is 0 Å². The number of nitrogens with one attached hydrogen (secondary N) is 1. The van der Waals surface area contributed by atoms with Crippen molar-refractivity contribution in [2.45, 2.75) is 12.5 Å². The normalized spacial score (nSPS) is 12.7. The molecule has 6 heteroatoms. The number of halogens is 2. The van der Waals surface area contributed by atoms with Crippen LogP contribution in [0, 0.1) is 0 Å². The molecule has 0 amide bonds. The van der Waals surface area contributed by atoms with Crippen LogP contribution >= 0.6 is 23.2 Å². The van der Waals surface area contributed by atoms with Gasteiger partial charge in [-0.25, -0.2) is 4.98 Å². The Labute approximate surface area is 116 Å². The van der Waals surface area contributed by atoms with Crippen LogP contribution < -0.4 is 11.3 Å². The third-order valence-electron chi connectivity index (χ3n) is 2.75. The summed E-state index contributed by atoms with van der Waals surface area (Å²) in [6.07, 6.45) is 4.23. The fourth-order valence-corrected chi connectivity index (χ4v) is 2.35. The Hall–Kier alpha value is -1.07. The van der Waals surface area contributed by atoms with Gasteiger partial charge >= 0.3 is 0 Å². The van der Waals surface area contributed by atoms with E-state index in [9.17, 15) is 0 Å². The minimum atomic E-state index is -0.122. The molecule has 18 heavy (non-hydrogen) atoms. The fraction of sp³-hybridized carbons (Fsp3) is 0.250. The van der Waals surface area contributed by atoms with Crippen LogP contribution in [0.5, 0.6) is 0 Å². The second-order valence-electron chi connectivity index (χ2n) is 4.09. The molecule has 0 saturated carbocycles. The smallest absolute Gasteiger partial charge is 0.0947 e. The molecule has 2 rings (SSSR count). The summed E-state index contributed by atoms with van der Waals surface area (Å²) in [5, 5.41) is 1.28. The standard InChI is InChI=1S/C12H14Cl2N4/c1-18-6-12(16-7-18)11(17-15)5-8-9(13)3-2-4-10(8)14/h2-4,6-7,11,17H,5,15H2,1H3. The van der Waals surface area contributed by atoms with Crippen LogP contribution in [-0.2, 0) is 13.5 Å². The highest BCUT2D eigenvalue weighted by Crippen LogP contribution is 2.28. The zero-order valence-electron chi connectivity index (χ0n) is 9.90. The van der Waals surface area contributed by atoms with Crippen LogP contribution in [-0.4, -0.2) is 9.55 Å². The number of aromatic nitrogens is 2. The van der Waals surface area contributed by atoms with Gasteiger partial charge in [-0.2, -0.15) is 0 Å². The van der Waals surface area contributed by atoms with E-state index in [1.165, 1.54) is 0 Å². The number of hydrogen-bond donors (Lipinski definition) is 2. The van der Waals surface area contributed by atoms with Gasteiger partial charge < -0.3 is 4.57 Å². The molecule has 3 N–H and O–H groups in total. The summed E-state index contributed by atoms with van der Waals surface area (Å²) in [6, 6.07) is 5.33. The molecule has 1 atom stereocenters. The average molecular weight is 285 g/mol. The minimum Gasteiger partial charge on any atom is -0.340 e. The van der Waals surface area contributed by atoms with Gasteiger partial charge in [0.2, 0.25) is 0 Å². The van der Waals surface area contributed by atoms with E-state index in [0.29, 0.717) is 16.5 Å². The van der Waals surface area contributed by atoms with Gasteiger partial charge in [-0.05, 0) is 24.1 Å². The lowest BCUT2D eigenvalue weighted by molar-refractivity contribution is 0.540. The van der Waals surface area contributed by atoms with Crippen molar-refractivity contribution in [3.8, 4) is 0 Å². The van der Waals surface area contributed by atoms with E-state index in [2.05, 4.69) is 10.4 Å². The van der Waals surface area contributed by atoms with E-state index in [1.54, 1.807) is 6.33 Å². The summed E-state index contributed by atoms with van der Waals surface area (Å²) in [7, 11) is 1.91. The molecule has 0 saturated heterocycles. The van der Waals surface area contributed by atoms with E-state index in [4.69, 9.17) is 29.0 Å². The number of imidazole rings is 1. The molecule has 1 aromatic heterocycles. The number of rotatable bonds is 4. The van der Waals surface area contributed by atoms with Crippen molar-refractivity contribution in [1.82, 2.24) is 15.0 Å². The predicted octanol–water partition coefficient (Wildman–Crippen LogP) is 2.47. The number of nitrogens with two attached hydrogens (primary N) is 1. The third kappa shape index (κ3) is 2.84. The molecule has 0 spiro atoms. The van der Waals surface area contributed by atoms with Crippen molar-refractivity contribution in [3.63, 3.8) is 0 Å². The monoisotopic (exact) mass is 284 g/mol. The Kier molecular flexibility index (Phi) is 4.24. The van der Waals surface area contributed by atoms with Gasteiger partial charge in [0.15, 0.2) is 0 Å². The maximum absolute atomic E-state index is 6.14. The number of benzene rings is 1. The van der Waals surface area contributed by atoms with Gasteiger partial charge in [-0.1, -0.05) is 29.3 Å². The third-order valence-corrected chi connectivity index (χ3v) is 3.46. The van der Waals surface area contributed by atoms with Gasteiger partial charge in [0.05, 0.1) is 18.1 Å². The van der Waals surface area contributed by atoms with Crippen molar-refractivity contribution in [2.24, 2.45) is 12.9 Å². The quantitative estimate of drug-likeness (QED) is 0.670. The predicted molar refractivity (Wildman–Crippen MR) is 73.4 cm³/mol. The van der Waals surface area contributed by atoms with Crippen molar-refractivity contribution in [1.29, 1.82) is 0 Å². The van der Waals surface area contributed by atoms with E-state index in [1.807, 2.05) is 36.0 Å². The Morgan fingerprint density at radius 3 is 2.56 bits per heavy atom. The average Bonchev–Trinajstić information content (AvgIpc) is 2.76. The first-order valence-electron chi connectivity index (χ1n) is 5.48. The highest BCUT2D eigenvalue weighted by Gasteiger charge is 2.16. The van der Waals surface area contributed by atoms with Gasteiger partial charge in [0.1, 0.15) is 0 Å². The second-order valence-corrected chi connectivity index (χ2v) is 4.90. The largest absolute Gasteiger partial charge is 0.340 e. The summed E-state index contributed by atoms with van der Waals surface area (Å²) >= 11 is 12.3. The molecule has 96 valence electrons. The molecule has 1 unspecified atom stereocenters.